The number of carbonyl (C=O) groups is 2. The monoisotopic (exact) mass is 253 g/mol. The number of amides is 2. The van der Waals surface area contributed by atoms with Gasteiger partial charge in [0.1, 0.15) is 5.54 Å². The van der Waals surface area contributed by atoms with Crippen molar-refractivity contribution in [2.45, 2.75) is 44.7 Å². The molecule has 2 saturated heterocycles. The lowest BCUT2D eigenvalue weighted by Crippen LogP contribution is -2.66. The summed E-state index contributed by atoms with van der Waals surface area (Å²) in [6, 6.07) is -0.103. The average molecular weight is 253 g/mol. The number of hydrogen-bond acceptors (Lipinski definition) is 3. The maximum Gasteiger partial charge on any atom is 0.247 e. The highest BCUT2D eigenvalue weighted by atomic mass is 16.2. The van der Waals surface area contributed by atoms with Crippen LogP contribution >= 0.6 is 0 Å². The van der Waals surface area contributed by atoms with E-state index in [0.717, 1.165) is 25.8 Å². The molecule has 2 aliphatic rings. The third-order valence-corrected chi connectivity index (χ3v) is 4.08. The topological polar surface area (TPSA) is 52.6 Å². The van der Waals surface area contributed by atoms with Crippen LogP contribution in [0.15, 0.2) is 0 Å². The quantitative estimate of drug-likeness (QED) is 0.727. The van der Waals surface area contributed by atoms with E-state index in [1.165, 1.54) is 0 Å². The Morgan fingerprint density at radius 3 is 2.67 bits per heavy atom. The van der Waals surface area contributed by atoms with E-state index in [2.05, 4.69) is 5.32 Å². The normalized spacial score (nSPS) is 28.4. The minimum atomic E-state index is -0.719. The van der Waals surface area contributed by atoms with Gasteiger partial charge >= 0.3 is 0 Å². The molecule has 0 radical (unpaired) electrons. The number of nitrogens with zero attached hydrogens (tertiary/aromatic N) is 2. The highest BCUT2D eigenvalue weighted by Crippen LogP contribution is 2.24. The van der Waals surface area contributed by atoms with Crippen LogP contribution in [0, 0.1) is 0 Å². The van der Waals surface area contributed by atoms with Gasteiger partial charge in [0.05, 0.1) is 6.04 Å². The average Bonchev–Trinajstić information content (AvgIpc) is 2.36. The van der Waals surface area contributed by atoms with Crippen molar-refractivity contribution in [3.63, 3.8) is 0 Å². The molecule has 0 bridgehead atoms. The molecule has 2 amide bonds. The minimum absolute atomic E-state index is 0.0258. The highest BCUT2D eigenvalue weighted by molar-refractivity contribution is 5.93. The minimum Gasteiger partial charge on any atom is -0.342 e. The molecule has 0 aromatic carbocycles. The number of hydrogen-bond donors (Lipinski definition) is 1. The van der Waals surface area contributed by atoms with Gasteiger partial charge in [-0.1, -0.05) is 6.42 Å². The summed E-state index contributed by atoms with van der Waals surface area (Å²) < 4.78 is 0. The zero-order valence-corrected chi connectivity index (χ0v) is 11.5. The van der Waals surface area contributed by atoms with E-state index < -0.39 is 5.54 Å². The van der Waals surface area contributed by atoms with Crippen LogP contribution < -0.4 is 5.32 Å². The van der Waals surface area contributed by atoms with Crippen LogP contribution in [0.25, 0.3) is 0 Å². The zero-order chi connectivity index (χ0) is 13.3. The summed E-state index contributed by atoms with van der Waals surface area (Å²) in [5.74, 6) is 0.110. The first-order valence-electron chi connectivity index (χ1n) is 6.75. The Kier molecular flexibility index (Phi) is 3.61. The second kappa shape index (κ2) is 4.88. The van der Waals surface area contributed by atoms with Crippen LogP contribution in [0.3, 0.4) is 0 Å². The molecule has 2 aliphatic heterocycles. The van der Waals surface area contributed by atoms with Crippen molar-refractivity contribution in [3.05, 3.63) is 0 Å². The lowest BCUT2D eigenvalue weighted by atomic mass is 9.95. The largest absolute Gasteiger partial charge is 0.342 e. The molecular formula is C13H23N3O2. The van der Waals surface area contributed by atoms with E-state index >= 15 is 0 Å². The molecule has 5 nitrogen and oxygen atoms in total. The SMILES string of the molecule is CN1CCN(C(=O)C2CCCCN2)C(C)(C)C1=O. The Hall–Kier alpha value is -1.10. The molecule has 2 fully saturated rings. The standard InChI is InChI=1S/C13H23N3O2/c1-13(2)12(18)15(3)8-9-16(13)11(17)10-6-4-5-7-14-10/h10,14H,4-9H2,1-3H3. The van der Waals surface area contributed by atoms with Crippen LogP contribution in [0.1, 0.15) is 33.1 Å². The Labute approximate surface area is 108 Å². The summed E-state index contributed by atoms with van der Waals surface area (Å²) >= 11 is 0. The number of rotatable bonds is 1. The maximum atomic E-state index is 12.5. The summed E-state index contributed by atoms with van der Waals surface area (Å²) in [4.78, 5) is 28.1. The van der Waals surface area contributed by atoms with Crippen LogP contribution in [0.5, 0.6) is 0 Å². The van der Waals surface area contributed by atoms with Crippen molar-refractivity contribution < 1.29 is 9.59 Å². The van der Waals surface area contributed by atoms with Crippen molar-refractivity contribution in [3.8, 4) is 0 Å². The molecule has 1 unspecified atom stereocenters. The molecule has 5 heteroatoms. The highest BCUT2D eigenvalue weighted by Gasteiger charge is 2.44. The first-order chi connectivity index (χ1) is 8.44. The van der Waals surface area contributed by atoms with E-state index in [4.69, 9.17) is 0 Å². The van der Waals surface area contributed by atoms with Gasteiger partial charge in [0.25, 0.3) is 0 Å². The Balaban J connectivity index is 2.11. The van der Waals surface area contributed by atoms with Gasteiger partial charge in [0.15, 0.2) is 0 Å². The molecule has 102 valence electrons. The summed E-state index contributed by atoms with van der Waals surface area (Å²) in [7, 11) is 1.80. The Morgan fingerprint density at radius 1 is 1.33 bits per heavy atom. The van der Waals surface area contributed by atoms with Crippen LogP contribution in [0.2, 0.25) is 0 Å². The molecule has 2 heterocycles. The van der Waals surface area contributed by atoms with Crippen molar-refractivity contribution in [2.24, 2.45) is 0 Å². The molecule has 0 aromatic rings. The van der Waals surface area contributed by atoms with E-state index in [-0.39, 0.29) is 17.9 Å². The molecule has 2 rings (SSSR count). The Bertz CT molecular complexity index is 348. The lowest BCUT2D eigenvalue weighted by molar-refractivity contribution is -0.158. The number of nitrogens with one attached hydrogen (secondary N) is 1. The first-order valence-corrected chi connectivity index (χ1v) is 6.75. The van der Waals surface area contributed by atoms with E-state index in [0.29, 0.717) is 13.1 Å². The summed E-state index contributed by atoms with van der Waals surface area (Å²) in [6.45, 7) is 5.84. The lowest BCUT2D eigenvalue weighted by Gasteiger charge is -2.46. The van der Waals surface area contributed by atoms with Crippen molar-refractivity contribution >= 4 is 11.8 Å². The molecule has 0 spiro atoms. The summed E-state index contributed by atoms with van der Waals surface area (Å²) in [6.07, 6.45) is 3.11. The molecule has 18 heavy (non-hydrogen) atoms. The maximum absolute atomic E-state index is 12.5. The molecule has 1 N–H and O–H groups in total. The predicted octanol–water partition coefficient (Wildman–Crippen LogP) is 0.208. The smallest absolute Gasteiger partial charge is 0.247 e. The second-order valence-electron chi connectivity index (χ2n) is 5.78. The fourth-order valence-corrected chi connectivity index (χ4v) is 2.85. The van der Waals surface area contributed by atoms with Gasteiger partial charge in [-0.15, -0.1) is 0 Å². The van der Waals surface area contributed by atoms with Crippen LogP contribution in [-0.2, 0) is 9.59 Å². The molecule has 0 saturated carbocycles. The molecule has 0 aliphatic carbocycles. The fraction of sp³-hybridized carbons (Fsp3) is 0.846. The van der Waals surface area contributed by atoms with Gasteiger partial charge in [-0.3, -0.25) is 9.59 Å². The van der Waals surface area contributed by atoms with E-state index in [9.17, 15) is 9.59 Å². The first kappa shape index (κ1) is 13.3. The second-order valence-corrected chi connectivity index (χ2v) is 5.78. The molecule has 1 atom stereocenters. The van der Waals surface area contributed by atoms with E-state index in [1.54, 1.807) is 16.8 Å². The van der Waals surface area contributed by atoms with Crippen LogP contribution in [0.4, 0.5) is 0 Å². The van der Waals surface area contributed by atoms with Gasteiger partial charge in [0.2, 0.25) is 11.8 Å². The Morgan fingerprint density at radius 2 is 2.06 bits per heavy atom. The number of piperazine rings is 1. The number of likely N-dealkylation sites (N-methyl/N-ethyl adjacent to an activating group) is 1. The van der Waals surface area contributed by atoms with Gasteiger partial charge < -0.3 is 15.1 Å². The van der Waals surface area contributed by atoms with Crippen LogP contribution in [-0.4, -0.2) is 59.9 Å². The van der Waals surface area contributed by atoms with E-state index in [1.807, 2.05) is 13.8 Å². The predicted molar refractivity (Wildman–Crippen MR) is 69.1 cm³/mol. The van der Waals surface area contributed by atoms with Gasteiger partial charge in [-0.2, -0.15) is 0 Å². The van der Waals surface area contributed by atoms with Crippen molar-refractivity contribution in [2.75, 3.05) is 26.7 Å². The van der Waals surface area contributed by atoms with Gasteiger partial charge in [0, 0.05) is 20.1 Å². The molecule has 0 aromatic heterocycles. The molecular weight excluding hydrogens is 230 g/mol. The summed E-state index contributed by atoms with van der Waals surface area (Å²) in [5, 5.41) is 3.26. The summed E-state index contributed by atoms with van der Waals surface area (Å²) in [5.41, 5.74) is -0.719. The zero-order valence-electron chi connectivity index (χ0n) is 11.5. The number of piperidine rings is 1. The number of carbonyl (C=O) groups excluding carboxylic acids is 2. The van der Waals surface area contributed by atoms with Gasteiger partial charge in [-0.25, -0.2) is 0 Å². The van der Waals surface area contributed by atoms with Crippen molar-refractivity contribution in [1.29, 1.82) is 0 Å². The third-order valence-electron chi connectivity index (χ3n) is 4.08. The fourth-order valence-electron chi connectivity index (χ4n) is 2.85. The van der Waals surface area contributed by atoms with Gasteiger partial charge in [-0.05, 0) is 33.2 Å². The van der Waals surface area contributed by atoms with Crippen molar-refractivity contribution in [1.82, 2.24) is 15.1 Å². The third kappa shape index (κ3) is 2.23.